The van der Waals surface area contributed by atoms with Crippen LogP contribution < -0.4 is 5.32 Å². The van der Waals surface area contributed by atoms with Crippen LogP contribution in [0.4, 0.5) is 0 Å². The Kier molecular flexibility index (Phi) is 4.35. The van der Waals surface area contributed by atoms with Crippen LogP contribution in [0.2, 0.25) is 0 Å². The molecule has 0 bridgehead atoms. The summed E-state index contributed by atoms with van der Waals surface area (Å²) in [6.45, 7) is 1.92. The van der Waals surface area contributed by atoms with Crippen LogP contribution in [-0.2, 0) is 6.54 Å². The summed E-state index contributed by atoms with van der Waals surface area (Å²) >= 11 is 0. The summed E-state index contributed by atoms with van der Waals surface area (Å²) in [4.78, 5) is 2.32. The predicted octanol–water partition coefficient (Wildman–Crippen LogP) is 1.99. The fourth-order valence-corrected chi connectivity index (χ4v) is 2.31. The Morgan fingerprint density at radius 3 is 2.50 bits per heavy atom. The van der Waals surface area contributed by atoms with Gasteiger partial charge in [-0.1, -0.05) is 12.1 Å². The average molecular weight is 243 g/mol. The normalized spacial score (nSPS) is 16.6. The first-order valence-electron chi connectivity index (χ1n) is 6.57. The van der Waals surface area contributed by atoms with Crippen molar-refractivity contribution in [2.45, 2.75) is 25.4 Å². The van der Waals surface area contributed by atoms with E-state index in [2.05, 4.69) is 30.4 Å². The highest BCUT2D eigenvalue weighted by Crippen LogP contribution is 2.34. The lowest BCUT2D eigenvalue weighted by molar-refractivity contribution is 0.255. The summed E-state index contributed by atoms with van der Waals surface area (Å²) in [6, 6.07) is 10.6. The number of hydrogen-bond donors (Lipinski definition) is 1. The first-order chi connectivity index (χ1) is 8.70. The van der Waals surface area contributed by atoms with E-state index in [9.17, 15) is 0 Å². The highest BCUT2D eigenvalue weighted by molar-refractivity contribution is 5.31. The van der Waals surface area contributed by atoms with Gasteiger partial charge in [-0.05, 0) is 50.6 Å². The zero-order valence-electron chi connectivity index (χ0n) is 11.2. The van der Waals surface area contributed by atoms with Gasteiger partial charge in [0.15, 0.2) is 0 Å². The highest BCUT2D eigenvalue weighted by Gasteiger charge is 2.31. The third-order valence-corrected chi connectivity index (χ3v) is 3.60. The summed E-state index contributed by atoms with van der Waals surface area (Å²) in [5, 5.41) is 12.3. The Balaban J connectivity index is 1.78. The largest absolute Gasteiger partial charge is 0.311 e. The smallest absolute Gasteiger partial charge is 0.0991 e. The van der Waals surface area contributed by atoms with Crippen molar-refractivity contribution < 1.29 is 0 Å². The predicted molar refractivity (Wildman–Crippen MR) is 73.1 cm³/mol. The van der Waals surface area contributed by atoms with Crippen LogP contribution >= 0.6 is 0 Å². The lowest BCUT2D eigenvalue weighted by Gasteiger charge is -2.24. The van der Waals surface area contributed by atoms with Crippen LogP contribution in [-0.4, -0.2) is 31.6 Å². The van der Waals surface area contributed by atoms with E-state index in [0.717, 1.165) is 24.6 Å². The molecular weight excluding hydrogens is 222 g/mol. The van der Waals surface area contributed by atoms with Crippen molar-refractivity contribution in [1.29, 1.82) is 5.26 Å². The van der Waals surface area contributed by atoms with Gasteiger partial charge in [0.2, 0.25) is 0 Å². The zero-order chi connectivity index (χ0) is 13.0. The zero-order valence-corrected chi connectivity index (χ0v) is 11.2. The van der Waals surface area contributed by atoms with Crippen LogP contribution in [0.5, 0.6) is 0 Å². The molecule has 0 saturated heterocycles. The molecule has 96 valence electrons. The van der Waals surface area contributed by atoms with Gasteiger partial charge in [0.1, 0.15) is 0 Å². The topological polar surface area (TPSA) is 39.1 Å². The maximum atomic E-state index is 8.74. The minimum absolute atomic E-state index is 0.656. The Morgan fingerprint density at radius 1 is 1.33 bits per heavy atom. The molecule has 1 N–H and O–H groups in total. The van der Waals surface area contributed by atoms with E-state index in [1.165, 1.54) is 18.4 Å². The van der Waals surface area contributed by atoms with E-state index in [4.69, 9.17) is 5.26 Å². The maximum absolute atomic E-state index is 8.74. The van der Waals surface area contributed by atoms with E-state index in [-0.39, 0.29) is 0 Å². The molecule has 0 amide bonds. The third kappa shape index (κ3) is 3.56. The molecule has 0 aliphatic heterocycles. The standard InChI is InChI=1S/C15H21N3/c1-18(2)15(14-7-8-14)11-17-10-13-5-3-12(9-16)4-6-13/h3-6,14-15,17H,7-8,10-11H2,1-2H3. The highest BCUT2D eigenvalue weighted by atomic mass is 15.1. The number of rotatable bonds is 6. The van der Waals surface area contributed by atoms with E-state index >= 15 is 0 Å². The van der Waals surface area contributed by atoms with Gasteiger partial charge in [0, 0.05) is 19.1 Å². The number of nitriles is 1. The van der Waals surface area contributed by atoms with Gasteiger partial charge in [0.25, 0.3) is 0 Å². The van der Waals surface area contributed by atoms with Crippen LogP contribution in [0.15, 0.2) is 24.3 Å². The molecule has 0 spiro atoms. The molecule has 1 aromatic carbocycles. The third-order valence-electron chi connectivity index (χ3n) is 3.60. The van der Waals surface area contributed by atoms with Crippen LogP contribution in [0.25, 0.3) is 0 Å². The Bertz CT molecular complexity index is 410. The molecule has 1 atom stereocenters. The van der Waals surface area contributed by atoms with Gasteiger partial charge in [-0.2, -0.15) is 5.26 Å². The molecule has 1 fully saturated rings. The first kappa shape index (κ1) is 13.1. The summed E-state index contributed by atoms with van der Waals surface area (Å²) in [7, 11) is 4.32. The number of likely N-dealkylation sites (N-methyl/N-ethyl adjacent to an activating group) is 1. The number of nitrogens with one attached hydrogen (secondary N) is 1. The number of nitrogens with zero attached hydrogens (tertiary/aromatic N) is 2. The van der Waals surface area contributed by atoms with E-state index in [1.807, 2.05) is 24.3 Å². The second kappa shape index (κ2) is 5.99. The Hall–Kier alpha value is -1.37. The van der Waals surface area contributed by atoms with Crippen LogP contribution in [0.1, 0.15) is 24.0 Å². The van der Waals surface area contributed by atoms with Gasteiger partial charge < -0.3 is 10.2 Å². The summed E-state index contributed by atoms with van der Waals surface area (Å²) in [5.41, 5.74) is 1.96. The van der Waals surface area contributed by atoms with Gasteiger partial charge >= 0.3 is 0 Å². The molecule has 0 heterocycles. The average Bonchev–Trinajstić information content (AvgIpc) is 3.19. The van der Waals surface area contributed by atoms with E-state index < -0.39 is 0 Å². The molecule has 1 saturated carbocycles. The van der Waals surface area contributed by atoms with Crippen molar-refractivity contribution >= 4 is 0 Å². The minimum atomic E-state index is 0.656. The molecule has 1 unspecified atom stereocenters. The van der Waals surface area contributed by atoms with Crippen molar-refractivity contribution in [3.8, 4) is 6.07 Å². The summed E-state index contributed by atoms with van der Waals surface area (Å²) in [5.74, 6) is 0.883. The molecule has 0 radical (unpaired) electrons. The molecule has 3 nitrogen and oxygen atoms in total. The lowest BCUT2D eigenvalue weighted by Crippen LogP contribution is -2.39. The van der Waals surface area contributed by atoms with E-state index in [0.29, 0.717) is 6.04 Å². The minimum Gasteiger partial charge on any atom is -0.311 e. The van der Waals surface area contributed by atoms with Gasteiger partial charge in [-0.3, -0.25) is 0 Å². The number of benzene rings is 1. The van der Waals surface area contributed by atoms with E-state index in [1.54, 1.807) is 0 Å². The maximum Gasteiger partial charge on any atom is 0.0991 e. The summed E-state index contributed by atoms with van der Waals surface area (Å²) < 4.78 is 0. The molecule has 1 aliphatic rings. The molecule has 3 heteroatoms. The second-order valence-corrected chi connectivity index (χ2v) is 5.31. The molecule has 2 rings (SSSR count). The lowest BCUT2D eigenvalue weighted by atomic mass is 10.1. The molecular formula is C15H21N3. The fourth-order valence-electron chi connectivity index (χ4n) is 2.31. The Morgan fingerprint density at radius 2 is 2.00 bits per heavy atom. The monoisotopic (exact) mass is 243 g/mol. The van der Waals surface area contributed by atoms with Gasteiger partial charge in [-0.15, -0.1) is 0 Å². The summed E-state index contributed by atoms with van der Waals surface area (Å²) in [6.07, 6.45) is 2.75. The molecule has 18 heavy (non-hydrogen) atoms. The van der Waals surface area contributed by atoms with Gasteiger partial charge in [-0.25, -0.2) is 0 Å². The second-order valence-electron chi connectivity index (χ2n) is 5.31. The van der Waals surface area contributed by atoms with Crippen LogP contribution in [0.3, 0.4) is 0 Å². The van der Waals surface area contributed by atoms with Crippen molar-refractivity contribution in [2.24, 2.45) is 5.92 Å². The quantitative estimate of drug-likeness (QED) is 0.830. The number of hydrogen-bond acceptors (Lipinski definition) is 3. The van der Waals surface area contributed by atoms with Gasteiger partial charge in [0.05, 0.1) is 11.6 Å². The molecule has 1 aromatic rings. The Labute approximate surface area is 109 Å². The van der Waals surface area contributed by atoms with Crippen LogP contribution in [0, 0.1) is 17.2 Å². The first-order valence-corrected chi connectivity index (χ1v) is 6.57. The molecule has 0 aromatic heterocycles. The van der Waals surface area contributed by atoms with Crippen molar-refractivity contribution in [3.63, 3.8) is 0 Å². The van der Waals surface area contributed by atoms with Crippen molar-refractivity contribution in [3.05, 3.63) is 35.4 Å². The SMILES string of the molecule is CN(C)C(CNCc1ccc(C#N)cc1)C1CC1. The molecule has 1 aliphatic carbocycles. The van der Waals surface area contributed by atoms with Crippen molar-refractivity contribution in [2.75, 3.05) is 20.6 Å². The van der Waals surface area contributed by atoms with Crippen molar-refractivity contribution in [1.82, 2.24) is 10.2 Å². The fraction of sp³-hybridized carbons (Fsp3) is 0.533.